The lowest BCUT2D eigenvalue weighted by Crippen LogP contribution is -2.09. The Morgan fingerprint density at radius 3 is 2.53 bits per heavy atom. The Bertz CT molecular complexity index is 413. The predicted octanol–water partition coefficient (Wildman–Crippen LogP) is 2.88. The molecule has 0 amide bonds. The van der Waals surface area contributed by atoms with Crippen LogP contribution < -0.4 is 0 Å². The largest absolute Gasteiger partial charge is 0.478 e. The summed E-state index contributed by atoms with van der Waals surface area (Å²) >= 11 is 0. The molecule has 0 aliphatic heterocycles. The van der Waals surface area contributed by atoms with Crippen molar-refractivity contribution >= 4 is 5.97 Å². The number of benzene rings is 1. The number of rotatable bonds is 8. The van der Waals surface area contributed by atoms with Crippen LogP contribution in [0.5, 0.6) is 0 Å². The smallest absolute Gasteiger partial charge is 0.335 e. The quantitative estimate of drug-likeness (QED) is 0.735. The van der Waals surface area contributed by atoms with Gasteiger partial charge in [-0.25, -0.2) is 4.79 Å². The molecule has 0 heterocycles. The van der Waals surface area contributed by atoms with E-state index >= 15 is 0 Å². The number of carboxylic acids is 1. The van der Waals surface area contributed by atoms with Crippen LogP contribution in [0.2, 0.25) is 0 Å². The van der Waals surface area contributed by atoms with Gasteiger partial charge in [0.2, 0.25) is 0 Å². The highest BCUT2D eigenvalue weighted by Crippen LogP contribution is 2.12. The first-order valence-corrected chi connectivity index (χ1v) is 6.49. The third kappa shape index (κ3) is 5.85. The summed E-state index contributed by atoms with van der Waals surface area (Å²) in [5, 5.41) is 8.87. The van der Waals surface area contributed by atoms with Gasteiger partial charge in [0.25, 0.3) is 0 Å². The van der Waals surface area contributed by atoms with Gasteiger partial charge in [-0.1, -0.05) is 19.9 Å². The molecule has 0 bridgehead atoms. The Morgan fingerprint density at radius 1 is 1.26 bits per heavy atom. The fraction of sp³-hybridized carbons (Fsp3) is 0.533. The van der Waals surface area contributed by atoms with Crippen molar-refractivity contribution in [2.24, 2.45) is 5.92 Å². The maximum Gasteiger partial charge on any atom is 0.335 e. The third-order valence-corrected chi connectivity index (χ3v) is 2.67. The lowest BCUT2D eigenvalue weighted by molar-refractivity contribution is 0.0313. The van der Waals surface area contributed by atoms with E-state index in [9.17, 15) is 4.79 Å². The highest BCUT2D eigenvalue weighted by molar-refractivity contribution is 5.87. The zero-order chi connectivity index (χ0) is 14.3. The van der Waals surface area contributed by atoms with Gasteiger partial charge in [-0.05, 0) is 36.1 Å². The van der Waals surface area contributed by atoms with Crippen molar-refractivity contribution in [3.63, 3.8) is 0 Å². The van der Waals surface area contributed by atoms with Crippen LogP contribution >= 0.6 is 0 Å². The number of hydrogen-bond acceptors (Lipinski definition) is 3. The Kier molecular flexibility index (Phi) is 6.53. The Hall–Kier alpha value is -1.39. The number of carbonyl (C=O) groups is 1. The topological polar surface area (TPSA) is 55.8 Å². The summed E-state index contributed by atoms with van der Waals surface area (Å²) in [6, 6.07) is 5.06. The van der Waals surface area contributed by atoms with Crippen molar-refractivity contribution in [3.8, 4) is 0 Å². The van der Waals surface area contributed by atoms with Gasteiger partial charge in [0.1, 0.15) is 0 Å². The Balaban J connectivity index is 2.32. The van der Waals surface area contributed by atoms with Gasteiger partial charge in [0.05, 0.1) is 25.4 Å². The number of aromatic carboxylic acids is 1. The standard InChI is InChI=1S/C15H22O4/c1-11(2)9-18-6-7-19-10-14-5-4-13(15(16)17)8-12(14)3/h4-5,8,11H,6-7,9-10H2,1-3H3,(H,16,17). The van der Waals surface area contributed by atoms with E-state index in [1.807, 2.05) is 6.92 Å². The summed E-state index contributed by atoms with van der Waals surface area (Å²) in [4.78, 5) is 10.8. The van der Waals surface area contributed by atoms with Crippen LogP contribution in [0.3, 0.4) is 0 Å². The molecule has 0 atom stereocenters. The first-order chi connectivity index (χ1) is 9.00. The van der Waals surface area contributed by atoms with Gasteiger partial charge in [0.15, 0.2) is 0 Å². The minimum atomic E-state index is -0.905. The minimum Gasteiger partial charge on any atom is -0.478 e. The maximum absolute atomic E-state index is 10.8. The zero-order valence-corrected chi connectivity index (χ0v) is 11.8. The summed E-state index contributed by atoms with van der Waals surface area (Å²) in [7, 11) is 0. The molecule has 1 rings (SSSR count). The maximum atomic E-state index is 10.8. The van der Waals surface area contributed by atoms with Crippen LogP contribution in [0.15, 0.2) is 18.2 Å². The monoisotopic (exact) mass is 266 g/mol. The first-order valence-electron chi connectivity index (χ1n) is 6.49. The number of carboxylic acid groups (broad SMARTS) is 1. The molecule has 1 aromatic carbocycles. The molecule has 0 unspecified atom stereocenters. The van der Waals surface area contributed by atoms with E-state index in [1.165, 1.54) is 0 Å². The molecule has 0 aromatic heterocycles. The highest BCUT2D eigenvalue weighted by Gasteiger charge is 2.05. The van der Waals surface area contributed by atoms with Crippen LogP contribution in [-0.4, -0.2) is 30.9 Å². The minimum absolute atomic E-state index is 0.307. The van der Waals surface area contributed by atoms with Gasteiger partial charge in [-0.15, -0.1) is 0 Å². The molecular weight excluding hydrogens is 244 g/mol. The molecule has 0 aliphatic rings. The molecule has 1 aromatic rings. The van der Waals surface area contributed by atoms with E-state index in [0.29, 0.717) is 31.3 Å². The van der Waals surface area contributed by atoms with Gasteiger partial charge < -0.3 is 14.6 Å². The van der Waals surface area contributed by atoms with Crippen molar-refractivity contribution in [1.29, 1.82) is 0 Å². The third-order valence-electron chi connectivity index (χ3n) is 2.67. The van der Waals surface area contributed by atoms with Gasteiger partial charge in [0, 0.05) is 6.61 Å². The van der Waals surface area contributed by atoms with Crippen molar-refractivity contribution in [3.05, 3.63) is 34.9 Å². The molecule has 0 aliphatic carbocycles. The molecular formula is C15H22O4. The summed E-state index contributed by atoms with van der Waals surface area (Å²) in [5.74, 6) is -0.372. The molecule has 4 nitrogen and oxygen atoms in total. The van der Waals surface area contributed by atoms with Crippen molar-refractivity contribution in [2.75, 3.05) is 19.8 Å². The molecule has 0 fully saturated rings. The lowest BCUT2D eigenvalue weighted by atomic mass is 10.1. The first kappa shape index (κ1) is 15.7. The van der Waals surface area contributed by atoms with E-state index in [1.54, 1.807) is 18.2 Å². The van der Waals surface area contributed by atoms with E-state index in [-0.39, 0.29) is 0 Å². The Labute approximate surface area is 114 Å². The van der Waals surface area contributed by atoms with Crippen molar-refractivity contribution < 1.29 is 19.4 Å². The van der Waals surface area contributed by atoms with Crippen LogP contribution in [0, 0.1) is 12.8 Å². The Morgan fingerprint density at radius 2 is 1.95 bits per heavy atom. The number of aryl methyl sites for hydroxylation is 1. The lowest BCUT2D eigenvalue weighted by Gasteiger charge is -2.09. The SMILES string of the molecule is Cc1cc(C(=O)O)ccc1COCCOCC(C)C. The van der Waals surface area contributed by atoms with Crippen LogP contribution in [0.1, 0.15) is 35.3 Å². The second kappa shape index (κ2) is 7.92. The van der Waals surface area contributed by atoms with Crippen LogP contribution in [-0.2, 0) is 16.1 Å². The van der Waals surface area contributed by atoms with Crippen molar-refractivity contribution in [1.82, 2.24) is 0 Å². The van der Waals surface area contributed by atoms with Crippen LogP contribution in [0.4, 0.5) is 0 Å². The number of ether oxygens (including phenoxy) is 2. The van der Waals surface area contributed by atoms with Gasteiger partial charge in [-0.3, -0.25) is 0 Å². The van der Waals surface area contributed by atoms with Gasteiger partial charge >= 0.3 is 5.97 Å². The summed E-state index contributed by atoms with van der Waals surface area (Å²) in [6.07, 6.45) is 0. The fourth-order valence-electron chi connectivity index (χ4n) is 1.61. The van der Waals surface area contributed by atoms with Crippen LogP contribution in [0.25, 0.3) is 0 Å². The molecule has 0 saturated heterocycles. The summed E-state index contributed by atoms with van der Waals surface area (Å²) in [5.41, 5.74) is 2.25. The summed E-state index contributed by atoms with van der Waals surface area (Å²) in [6.45, 7) is 8.46. The molecule has 0 spiro atoms. The summed E-state index contributed by atoms with van der Waals surface area (Å²) < 4.78 is 10.9. The molecule has 1 N–H and O–H groups in total. The normalized spacial score (nSPS) is 10.9. The average molecular weight is 266 g/mol. The fourth-order valence-corrected chi connectivity index (χ4v) is 1.61. The molecule has 0 radical (unpaired) electrons. The van der Waals surface area contributed by atoms with E-state index in [0.717, 1.165) is 17.7 Å². The zero-order valence-electron chi connectivity index (χ0n) is 11.8. The van der Waals surface area contributed by atoms with Gasteiger partial charge in [-0.2, -0.15) is 0 Å². The highest BCUT2D eigenvalue weighted by atomic mass is 16.5. The average Bonchev–Trinajstić information content (AvgIpc) is 2.34. The molecule has 4 heteroatoms. The number of hydrogen-bond donors (Lipinski definition) is 1. The van der Waals surface area contributed by atoms with E-state index in [4.69, 9.17) is 14.6 Å². The molecule has 0 saturated carbocycles. The van der Waals surface area contributed by atoms with Crippen molar-refractivity contribution in [2.45, 2.75) is 27.4 Å². The van der Waals surface area contributed by atoms with E-state index < -0.39 is 5.97 Å². The molecule has 19 heavy (non-hydrogen) atoms. The molecule has 106 valence electrons. The van der Waals surface area contributed by atoms with E-state index in [2.05, 4.69) is 13.8 Å². The second-order valence-corrected chi connectivity index (χ2v) is 4.97. The second-order valence-electron chi connectivity index (χ2n) is 4.97. The predicted molar refractivity (Wildman–Crippen MR) is 73.5 cm³/mol.